The second-order valence-electron chi connectivity index (χ2n) is 12.0. The van der Waals surface area contributed by atoms with Crippen molar-refractivity contribution >= 4 is 38.9 Å². The summed E-state index contributed by atoms with van der Waals surface area (Å²) < 4.78 is 34.9. The molecular weight excluding hydrogens is 546 g/mol. The van der Waals surface area contributed by atoms with E-state index in [-0.39, 0.29) is 16.8 Å². The molecule has 8 nitrogen and oxygen atoms in total. The molecular formula is C30H39N3O5S2. The van der Waals surface area contributed by atoms with Gasteiger partial charge in [-0.15, -0.1) is 11.3 Å². The van der Waals surface area contributed by atoms with Crippen molar-refractivity contribution in [3.63, 3.8) is 0 Å². The first kappa shape index (κ1) is 31.4. The third-order valence-corrected chi connectivity index (χ3v) is 8.62. The number of amides is 1. The molecule has 0 aliphatic heterocycles. The maximum absolute atomic E-state index is 13.5. The number of hydrogen-bond donors (Lipinski definition) is 2. The standard InChI is InChI=1S/C30H39N3O5S2/c1-19(2)38-28(35)32-22-13-11-21(12-14-22)27-31-18-24(39-27)23-15-9-20(10-16-26(34)29(3,4)5)17-25(23)40(36,37)33-30(6,7)8/h9,11-15,17-19,33H,10,16H2,1-8H3,(H,32,35). The summed E-state index contributed by atoms with van der Waals surface area (Å²) in [7, 11) is -3.88. The highest BCUT2D eigenvalue weighted by Gasteiger charge is 2.27. The number of aryl methyl sites for hydroxylation is 1. The summed E-state index contributed by atoms with van der Waals surface area (Å²) in [5.41, 5.74) is 1.61. The van der Waals surface area contributed by atoms with Crippen molar-refractivity contribution < 1.29 is 22.7 Å². The largest absolute Gasteiger partial charge is 0.447 e. The predicted octanol–water partition coefficient (Wildman–Crippen LogP) is 7.06. The van der Waals surface area contributed by atoms with Crippen LogP contribution < -0.4 is 10.0 Å². The Balaban J connectivity index is 1.93. The van der Waals surface area contributed by atoms with Gasteiger partial charge in [0.1, 0.15) is 10.8 Å². The third-order valence-electron chi connectivity index (χ3n) is 5.75. The van der Waals surface area contributed by atoms with E-state index in [2.05, 4.69) is 15.0 Å². The summed E-state index contributed by atoms with van der Waals surface area (Å²) in [5, 5.41) is 3.39. The zero-order valence-electron chi connectivity index (χ0n) is 24.4. The summed E-state index contributed by atoms with van der Waals surface area (Å²) in [6, 6.07) is 12.5. The molecule has 0 radical (unpaired) electrons. The van der Waals surface area contributed by atoms with Gasteiger partial charge < -0.3 is 4.74 Å². The Morgan fingerprint density at radius 2 is 1.65 bits per heavy atom. The van der Waals surface area contributed by atoms with Gasteiger partial charge in [-0.05, 0) is 76.9 Å². The fraction of sp³-hybridized carbons (Fsp3) is 0.433. The van der Waals surface area contributed by atoms with Gasteiger partial charge in [0.25, 0.3) is 0 Å². The van der Waals surface area contributed by atoms with Crippen molar-refractivity contribution in [2.75, 3.05) is 5.32 Å². The minimum absolute atomic E-state index is 0.124. The average molecular weight is 586 g/mol. The molecule has 10 heteroatoms. The second-order valence-corrected chi connectivity index (χ2v) is 14.7. The van der Waals surface area contributed by atoms with Gasteiger partial charge in [0, 0.05) is 40.4 Å². The van der Waals surface area contributed by atoms with Crippen LogP contribution in [0.2, 0.25) is 0 Å². The summed E-state index contributed by atoms with van der Waals surface area (Å²) in [5.74, 6) is 0.124. The summed E-state index contributed by atoms with van der Waals surface area (Å²) in [6.45, 7) is 14.6. The molecule has 216 valence electrons. The lowest BCUT2D eigenvalue weighted by Crippen LogP contribution is -2.40. The molecule has 0 atom stereocenters. The molecule has 0 spiro atoms. The number of ether oxygens (including phenoxy) is 1. The average Bonchev–Trinajstić information content (AvgIpc) is 3.30. The quantitative estimate of drug-likeness (QED) is 0.278. The van der Waals surface area contributed by atoms with Gasteiger partial charge in [0.15, 0.2) is 0 Å². The van der Waals surface area contributed by atoms with Crippen molar-refractivity contribution in [1.29, 1.82) is 0 Å². The van der Waals surface area contributed by atoms with Crippen molar-refractivity contribution in [2.24, 2.45) is 5.41 Å². The number of sulfonamides is 1. The van der Waals surface area contributed by atoms with Crippen LogP contribution in [0.1, 0.15) is 67.4 Å². The number of carbonyl (C=O) groups excluding carboxylic acids is 2. The van der Waals surface area contributed by atoms with Gasteiger partial charge in [-0.3, -0.25) is 10.1 Å². The fourth-order valence-electron chi connectivity index (χ4n) is 3.83. The van der Waals surface area contributed by atoms with E-state index in [0.717, 1.165) is 11.1 Å². The van der Waals surface area contributed by atoms with E-state index < -0.39 is 27.1 Å². The zero-order chi connectivity index (χ0) is 29.9. The van der Waals surface area contributed by atoms with Gasteiger partial charge in [-0.25, -0.2) is 22.9 Å². The Kier molecular flexibility index (Phi) is 9.59. The highest BCUT2D eigenvalue weighted by Crippen LogP contribution is 2.37. The maximum Gasteiger partial charge on any atom is 0.411 e. The van der Waals surface area contributed by atoms with Crippen molar-refractivity contribution in [1.82, 2.24) is 9.71 Å². The third kappa shape index (κ3) is 8.71. The van der Waals surface area contributed by atoms with E-state index in [1.54, 1.807) is 65.1 Å². The van der Waals surface area contributed by atoms with Gasteiger partial charge in [0.05, 0.1) is 15.9 Å². The number of ketones is 1. The molecule has 0 aliphatic rings. The summed E-state index contributed by atoms with van der Waals surface area (Å²) in [6.07, 6.45) is 1.71. The number of carbonyl (C=O) groups is 2. The molecule has 0 saturated heterocycles. The lowest BCUT2D eigenvalue weighted by atomic mass is 9.87. The molecule has 0 saturated carbocycles. The molecule has 3 aromatic rings. The molecule has 2 aromatic carbocycles. The van der Waals surface area contributed by atoms with Crippen LogP contribution in [-0.2, 0) is 26.0 Å². The second kappa shape index (κ2) is 12.2. The number of hydrogen-bond acceptors (Lipinski definition) is 7. The fourth-order valence-corrected chi connectivity index (χ4v) is 6.54. The number of anilines is 1. The molecule has 1 aromatic heterocycles. The van der Waals surface area contributed by atoms with Gasteiger partial charge in [-0.2, -0.15) is 0 Å². The Morgan fingerprint density at radius 1 is 1.00 bits per heavy atom. The Bertz CT molecular complexity index is 1460. The maximum atomic E-state index is 13.5. The normalized spacial score (nSPS) is 12.4. The number of benzene rings is 2. The number of Topliss-reactive ketones (excluding diaryl/α,β-unsaturated/α-hetero) is 1. The highest BCUT2D eigenvalue weighted by molar-refractivity contribution is 7.89. The van der Waals surface area contributed by atoms with E-state index in [0.29, 0.717) is 34.0 Å². The van der Waals surface area contributed by atoms with Crippen molar-refractivity contribution in [3.8, 4) is 21.0 Å². The molecule has 2 N–H and O–H groups in total. The van der Waals surface area contributed by atoms with Crippen LogP contribution in [0, 0.1) is 5.41 Å². The van der Waals surface area contributed by atoms with E-state index in [9.17, 15) is 18.0 Å². The first-order valence-electron chi connectivity index (χ1n) is 13.2. The number of nitrogens with zero attached hydrogens (tertiary/aromatic N) is 1. The van der Waals surface area contributed by atoms with E-state index >= 15 is 0 Å². The monoisotopic (exact) mass is 585 g/mol. The number of rotatable bonds is 9. The van der Waals surface area contributed by atoms with Crippen molar-refractivity contribution in [3.05, 3.63) is 54.2 Å². The van der Waals surface area contributed by atoms with E-state index in [1.165, 1.54) is 11.3 Å². The molecule has 0 aliphatic carbocycles. The molecule has 0 fully saturated rings. The van der Waals surface area contributed by atoms with Crippen LogP contribution in [0.3, 0.4) is 0 Å². The molecule has 0 unspecified atom stereocenters. The van der Waals surface area contributed by atoms with Crippen LogP contribution in [0.25, 0.3) is 21.0 Å². The van der Waals surface area contributed by atoms with Crippen LogP contribution >= 0.6 is 11.3 Å². The molecule has 0 bridgehead atoms. The highest BCUT2D eigenvalue weighted by atomic mass is 32.2. The zero-order valence-corrected chi connectivity index (χ0v) is 26.0. The number of nitrogens with one attached hydrogen (secondary N) is 2. The van der Waals surface area contributed by atoms with Gasteiger partial charge >= 0.3 is 6.09 Å². The molecule has 1 amide bonds. The Morgan fingerprint density at radius 3 is 2.23 bits per heavy atom. The Hall–Kier alpha value is -3.08. The van der Waals surface area contributed by atoms with E-state index in [4.69, 9.17) is 4.74 Å². The lowest BCUT2D eigenvalue weighted by Gasteiger charge is -2.22. The van der Waals surface area contributed by atoms with Gasteiger partial charge in [-0.1, -0.05) is 32.9 Å². The van der Waals surface area contributed by atoms with Crippen LogP contribution in [-0.4, -0.2) is 36.9 Å². The SMILES string of the molecule is CC(C)OC(=O)Nc1ccc(-c2ncc(-c3ccc(CCC(=O)C(C)(C)C)cc3S(=O)(=O)NC(C)(C)C)s2)cc1. The summed E-state index contributed by atoms with van der Waals surface area (Å²) >= 11 is 1.37. The summed E-state index contributed by atoms with van der Waals surface area (Å²) in [4.78, 5) is 29.7. The number of thiazole rings is 1. The molecule has 1 heterocycles. The first-order chi connectivity index (χ1) is 18.4. The molecule has 40 heavy (non-hydrogen) atoms. The predicted molar refractivity (Wildman–Crippen MR) is 161 cm³/mol. The minimum Gasteiger partial charge on any atom is -0.447 e. The van der Waals surface area contributed by atoms with Crippen LogP contribution in [0.4, 0.5) is 10.5 Å². The topological polar surface area (TPSA) is 114 Å². The number of aromatic nitrogens is 1. The first-order valence-corrected chi connectivity index (χ1v) is 15.5. The van der Waals surface area contributed by atoms with E-state index in [1.807, 2.05) is 39.0 Å². The minimum atomic E-state index is -3.88. The van der Waals surface area contributed by atoms with Gasteiger partial charge in [0.2, 0.25) is 10.0 Å². The molecule has 3 rings (SSSR count). The lowest BCUT2D eigenvalue weighted by molar-refractivity contribution is -0.126. The van der Waals surface area contributed by atoms with Crippen LogP contribution in [0.5, 0.6) is 0 Å². The smallest absolute Gasteiger partial charge is 0.411 e. The Labute approximate surface area is 241 Å². The van der Waals surface area contributed by atoms with Crippen molar-refractivity contribution in [2.45, 2.75) is 84.8 Å². The van der Waals surface area contributed by atoms with Crippen LogP contribution in [0.15, 0.2) is 53.6 Å².